The lowest BCUT2D eigenvalue weighted by Gasteiger charge is -2.43. The fraction of sp³-hybridized carbons (Fsp3) is 0.440. The molecule has 34 heavy (non-hydrogen) atoms. The molecule has 0 saturated carbocycles. The molecule has 0 aliphatic carbocycles. The Morgan fingerprint density at radius 1 is 1.21 bits per heavy atom. The number of piperazine rings is 1. The van der Waals surface area contributed by atoms with Crippen molar-refractivity contribution in [2.45, 2.75) is 44.1 Å². The smallest absolute Gasteiger partial charge is 0.171 e. The van der Waals surface area contributed by atoms with Gasteiger partial charge in [-0.3, -0.25) is 4.90 Å². The highest BCUT2D eigenvalue weighted by atomic mass is 19.1. The van der Waals surface area contributed by atoms with E-state index in [1.807, 2.05) is 6.07 Å². The number of anilines is 2. The van der Waals surface area contributed by atoms with E-state index in [9.17, 15) is 14.8 Å². The molecule has 0 radical (unpaired) electrons. The molecule has 0 spiro atoms. The molecule has 2 saturated heterocycles. The molecule has 3 aliphatic rings. The standard InChI is InChI=1S/C25H28FN7O/c1-15-10-30(21-6-4-18(8-27)33-24(21)20(26)9-29-33)12-22-19-5-3-17(7-16(19)11-32(15)22)31-13-23(28)25(2,34)14-31/h3-7,9,15,22-23,34H,10-14,28H2,1-2H3/t15-,22-,23+,25+/m1/s1. The van der Waals surface area contributed by atoms with E-state index in [1.165, 1.54) is 21.8 Å². The second kappa shape index (κ2) is 7.40. The number of nitriles is 1. The summed E-state index contributed by atoms with van der Waals surface area (Å²) in [6.45, 7) is 7.51. The number of benzene rings is 1. The van der Waals surface area contributed by atoms with Gasteiger partial charge < -0.3 is 20.6 Å². The van der Waals surface area contributed by atoms with Gasteiger partial charge in [0.2, 0.25) is 0 Å². The Kier molecular flexibility index (Phi) is 4.65. The molecule has 4 atom stereocenters. The summed E-state index contributed by atoms with van der Waals surface area (Å²) in [6.07, 6.45) is 1.17. The molecule has 3 N–H and O–H groups in total. The molecule has 0 bridgehead atoms. The van der Waals surface area contributed by atoms with Gasteiger partial charge in [0, 0.05) is 44.5 Å². The molecule has 0 unspecified atom stereocenters. The minimum atomic E-state index is -0.888. The van der Waals surface area contributed by atoms with Gasteiger partial charge in [-0.25, -0.2) is 8.91 Å². The van der Waals surface area contributed by atoms with Gasteiger partial charge in [0.1, 0.15) is 17.3 Å². The van der Waals surface area contributed by atoms with E-state index < -0.39 is 11.4 Å². The SMILES string of the molecule is C[C@@H]1CN(c2ccc(C#N)n3ncc(F)c23)C[C@@H]2c3ccc(N4C[C@H](N)[C@@](C)(O)C4)cc3CN12. The number of pyridine rings is 1. The zero-order chi connectivity index (χ0) is 23.8. The van der Waals surface area contributed by atoms with Crippen LogP contribution in [0.5, 0.6) is 0 Å². The van der Waals surface area contributed by atoms with Crippen molar-refractivity contribution >= 4 is 16.9 Å². The van der Waals surface area contributed by atoms with Gasteiger partial charge >= 0.3 is 0 Å². The van der Waals surface area contributed by atoms with Crippen molar-refractivity contribution in [3.63, 3.8) is 0 Å². The molecule has 3 aromatic rings. The highest BCUT2D eigenvalue weighted by Gasteiger charge is 2.42. The molecular formula is C25H28FN7O. The molecule has 1 aromatic carbocycles. The number of β-amino-alcohol motifs (C(OH)–C–C–N with tert-alkyl or cyclic N) is 1. The van der Waals surface area contributed by atoms with Crippen molar-refractivity contribution in [2.24, 2.45) is 5.73 Å². The first-order chi connectivity index (χ1) is 16.3. The average molecular weight is 462 g/mol. The number of hydrogen-bond acceptors (Lipinski definition) is 7. The topological polar surface area (TPSA) is 97.1 Å². The Balaban J connectivity index is 1.32. The highest BCUT2D eigenvalue weighted by Crippen LogP contribution is 2.42. The summed E-state index contributed by atoms with van der Waals surface area (Å²) in [5.41, 5.74) is 10.3. The third kappa shape index (κ3) is 3.10. The monoisotopic (exact) mass is 461 g/mol. The minimum absolute atomic E-state index is 0.193. The Morgan fingerprint density at radius 3 is 2.76 bits per heavy atom. The normalized spacial score (nSPS) is 28.9. The molecule has 6 rings (SSSR count). The number of aromatic nitrogens is 2. The van der Waals surface area contributed by atoms with Crippen LogP contribution in [0, 0.1) is 17.1 Å². The lowest BCUT2D eigenvalue weighted by Crippen LogP contribution is -2.51. The van der Waals surface area contributed by atoms with Gasteiger partial charge in [0.05, 0.1) is 29.6 Å². The molecule has 176 valence electrons. The second-order valence-electron chi connectivity index (χ2n) is 10.1. The Hall–Kier alpha value is -3.19. The predicted molar refractivity (Wildman–Crippen MR) is 127 cm³/mol. The third-order valence-corrected chi connectivity index (χ3v) is 7.82. The van der Waals surface area contributed by atoms with Crippen molar-refractivity contribution in [1.82, 2.24) is 14.5 Å². The largest absolute Gasteiger partial charge is 0.387 e. The zero-order valence-electron chi connectivity index (χ0n) is 19.3. The van der Waals surface area contributed by atoms with Crippen LogP contribution in [0.15, 0.2) is 36.5 Å². The van der Waals surface area contributed by atoms with Gasteiger partial charge in [0.15, 0.2) is 5.82 Å². The molecule has 9 heteroatoms. The molecule has 0 amide bonds. The molecule has 8 nitrogen and oxygen atoms in total. The first kappa shape index (κ1) is 21.4. The maximum absolute atomic E-state index is 14.7. The molecule has 2 aromatic heterocycles. The van der Waals surface area contributed by atoms with E-state index >= 15 is 0 Å². The van der Waals surface area contributed by atoms with Crippen LogP contribution in [0.4, 0.5) is 15.8 Å². The van der Waals surface area contributed by atoms with Crippen LogP contribution in [0.25, 0.3) is 5.52 Å². The van der Waals surface area contributed by atoms with Gasteiger partial charge in [-0.15, -0.1) is 0 Å². The average Bonchev–Trinajstić information content (AvgIpc) is 3.46. The lowest BCUT2D eigenvalue weighted by molar-refractivity contribution is 0.0674. The van der Waals surface area contributed by atoms with Crippen molar-refractivity contribution in [3.8, 4) is 6.07 Å². The van der Waals surface area contributed by atoms with Crippen LogP contribution >= 0.6 is 0 Å². The van der Waals surface area contributed by atoms with Crippen LogP contribution in [-0.4, -0.2) is 63.5 Å². The quantitative estimate of drug-likeness (QED) is 0.603. The van der Waals surface area contributed by atoms with Gasteiger partial charge in [-0.1, -0.05) is 6.07 Å². The molecule has 5 heterocycles. The van der Waals surface area contributed by atoms with Crippen molar-refractivity contribution in [1.29, 1.82) is 5.26 Å². The maximum Gasteiger partial charge on any atom is 0.171 e. The van der Waals surface area contributed by atoms with Crippen LogP contribution in [-0.2, 0) is 6.54 Å². The first-order valence-corrected chi connectivity index (χ1v) is 11.7. The minimum Gasteiger partial charge on any atom is -0.387 e. The van der Waals surface area contributed by atoms with E-state index in [2.05, 4.69) is 51.0 Å². The number of fused-ring (bicyclic) bond motifs is 4. The zero-order valence-corrected chi connectivity index (χ0v) is 19.3. The summed E-state index contributed by atoms with van der Waals surface area (Å²) in [5.74, 6) is -0.418. The third-order valence-electron chi connectivity index (χ3n) is 7.82. The Morgan fingerprint density at radius 2 is 2.03 bits per heavy atom. The van der Waals surface area contributed by atoms with Gasteiger partial charge in [-0.2, -0.15) is 10.4 Å². The summed E-state index contributed by atoms with van der Waals surface area (Å²) in [5, 5.41) is 24.0. The van der Waals surface area contributed by atoms with E-state index in [-0.39, 0.29) is 18.1 Å². The van der Waals surface area contributed by atoms with Crippen LogP contribution in [0.1, 0.15) is 36.7 Å². The number of nitrogens with two attached hydrogens (primary N) is 1. The summed E-state index contributed by atoms with van der Waals surface area (Å²) in [6, 6.07) is 12.4. The first-order valence-electron chi connectivity index (χ1n) is 11.7. The fourth-order valence-corrected chi connectivity index (χ4v) is 5.89. The van der Waals surface area contributed by atoms with E-state index in [1.54, 1.807) is 13.0 Å². The number of aliphatic hydroxyl groups is 1. The molecule has 3 aliphatic heterocycles. The summed E-state index contributed by atoms with van der Waals surface area (Å²) in [7, 11) is 0. The maximum atomic E-state index is 14.7. The summed E-state index contributed by atoms with van der Waals surface area (Å²) >= 11 is 0. The molecule has 2 fully saturated rings. The van der Waals surface area contributed by atoms with Crippen LogP contribution in [0.3, 0.4) is 0 Å². The van der Waals surface area contributed by atoms with E-state index in [0.29, 0.717) is 24.3 Å². The van der Waals surface area contributed by atoms with Crippen molar-refractivity contribution in [2.75, 3.05) is 36.0 Å². The predicted octanol–water partition coefficient (Wildman–Crippen LogP) is 2.01. The Bertz CT molecular complexity index is 1330. The summed E-state index contributed by atoms with van der Waals surface area (Å²) < 4.78 is 16.1. The van der Waals surface area contributed by atoms with Gasteiger partial charge in [-0.05, 0) is 49.2 Å². The summed E-state index contributed by atoms with van der Waals surface area (Å²) in [4.78, 5) is 6.88. The van der Waals surface area contributed by atoms with E-state index in [0.717, 1.165) is 31.0 Å². The number of nitrogens with zero attached hydrogens (tertiary/aromatic N) is 6. The Labute approximate surface area is 197 Å². The fourth-order valence-electron chi connectivity index (χ4n) is 5.89. The number of halogens is 1. The van der Waals surface area contributed by atoms with Gasteiger partial charge in [0.25, 0.3) is 0 Å². The molecular weight excluding hydrogens is 433 g/mol. The van der Waals surface area contributed by atoms with Crippen molar-refractivity contribution < 1.29 is 9.50 Å². The van der Waals surface area contributed by atoms with Crippen LogP contribution in [0.2, 0.25) is 0 Å². The van der Waals surface area contributed by atoms with Crippen molar-refractivity contribution in [3.05, 3.63) is 59.2 Å². The number of hydrogen-bond donors (Lipinski definition) is 2. The number of rotatable bonds is 2. The van der Waals surface area contributed by atoms with E-state index in [4.69, 9.17) is 5.73 Å². The lowest BCUT2D eigenvalue weighted by atomic mass is 10.0. The second-order valence-corrected chi connectivity index (χ2v) is 10.1. The highest BCUT2D eigenvalue weighted by molar-refractivity contribution is 5.75. The van der Waals surface area contributed by atoms with Crippen LogP contribution < -0.4 is 15.5 Å².